The number of carbonyl (C=O) groups excluding carboxylic acids is 1. The van der Waals surface area contributed by atoms with Crippen LogP contribution in [0.25, 0.3) is 0 Å². The summed E-state index contributed by atoms with van der Waals surface area (Å²) in [6.45, 7) is 7.47. The molecule has 0 saturated carbocycles. The van der Waals surface area contributed by atoms with E-state index in [0.29, 0.717) is 16.9 Å². The third-order valence-corrected chi connectivity index (χ3v) is 4.52. The second kappa shape index (κ2) is 7.38. The van der Waals surface area contributed by atoms with Crippen molar-refractivity contribution in [2.75, 3.05) is 5.75 Å². The lowest BCUT2D eigenvalue weighted by molar-refractivity contribution is -0.113. The van der Waals surface area contributed by atoms with Gasteiger partial charge in [-0.25, -0.2) is 0 Å². The van der Waals surface area contributed by atoms with E-state index < -0.39 is 5.92 Å². The number of furan rings is 1. The van der Waals surface area contributed by atoms with Crippen LogP contribution < -0.4 is 5.32 Å². The van der Waals surface area contributed by atoms with E-state index in [1.807, 2.05) is 26.8 Å². The number of Topliss-reactive ketones (excluding diaryl/α,β-unsaturated/α-hetero) is 1. The van der Waals surface area contributed by atoms with Crippen molar-refractivity contribution in [2.45, 2.75) is 33.6 Å². The molecule has 23 heavy (non-hydrogen) atoms. The summed E-state index contributed by atoms with van der Waals surface area (Å²) in [5.74, 6) is 0.886. The summed E-state index contributed by atoms with van der Waals surface area (Å²) in [6, 6.07) is 5.85. The van der Waals surface area contributed by atoms with Gasteiger partial charge in [-0.2, -0.15) is 5.26 Å². The highest BCUT2D eigenvalue weighted by Gasteiger charge is 2.34. The van der Waals surface area contributed by atoms with E-state index >= 15 is 0 Å². The van der Waals surface area contributed by atoms with E-state index in [4.69, 9.17) is 4.42 Å². The second-order valence-corrected chi connectivity index (χ2v) is 6.65. The van der Waals surface area contributed by atoms with Crippen LogP contribution in [0, 0.1) is 11.3 Å². The molecular weight excluding hydrogens is 308 g/mol. The summed E-state index contributed by atoms with van der Waals surface area (Å²) < 4.78 is 5.50. The van der Waals surface area contributed by atoms with Crippen molar-refractivity contribution in [1.29, 1.82) is 5.26 Å². The zero-order valence-corrected chi connectivity index (χ0v) is 14.6. The van der Waals surface area contributed by atoms with Gasteiger partial charge in [0.1, 0.15) is 5.76 Å². The van der Waals surface area contributed by atoms with Crippen molar-refractivity contribution in [3.8, 4) is 6.07 Å². The zero-order valence-electron chi connectivity index (χ0n) is 13.8. The third kappa shape index (κ3) is 3.77. The van der Waals surface area contributed by atoms with Gasteiger partial charge in [0.15, 0.2) is 5.78 Å². The number of allylic oxidation sites excluding steroid dienone is 4. The van der Waals surface area contributed by atoms with E-state index in [1.165, 1.54) is 12.5 Å². The quantitative estimate of drug-likeness (QED) is 0.818. The number of nitrogens with one attached hydrogen (secondary N) is 1. The van der Waals surface area contributed by atoms with Crippen molar-refractivity contribution < 1.29 is 9.21 Å². The van der Waals surface area contributed by atoms with Crippen LogP contribution >= 0.6 is 11.8 Å². The first-order valence-electron chi connectivity index (χ1n) is 7.38. The van der Waals surface area contributed by atoms with Crippen LogP contribution in [0.4, 0.5) is 0 Å². The highest BCUT2D eigenvalue weighted by Crippen LogP contribution is 2.40. The number of hydrogen-bond donors (Lipinski definition) is 1. The van der Waals surface area contributed by atoms with Crippen LogP contribution in [0.15, 0.2) is 56.3 Å². The van der Waals surface area contributed by atoms with Gasteiger partial charge in [0.2, 0.25) is 0 Å². The van der Waals surface area contributed by atoms with Crippen LogP contribution in [0.1, 0.15) is 39.4 Å². The van der Waals surface area contributed by atoms with E-state index in [1.54, 1.807) is 24.1 Å². The minimum atomic E-state index is -0.442. The van der Waals surface area contributed by atoms with Crippen LogP contribution in [0.2, 0.25) is 0 Å². The van der Waals surface area contributed by atoms with E-state index in [-0.39, 0.29) is 5.78 Å². The molecule has 0 amide bonds. The lowest BCUT2D eigenvalue weighted by Gasteiger charge is -2.27. The second-order valence-electron chi connectivity index (χ2n) is 5.62. The first-order chi connectivity index (χ1) is 11.0. The van der Waals surface area contributed by atoms with Crippen molar-refractivity contribution in [3.05, 3.63) is 57.7 Å². The molecule has 5 heteroatoms. The summed E-state index contributed by atoms with van der Waals surface area (Å²) in [4.78, 5) is 12.1. The average Bonchev–Trinajstić information content (AvgIpc) is 2.99. The highest BCUT2D eigenvalue weighted by molar-refractivity contribution is 8.03. The molecule has 1 N–H and O–H groups in total. The number of nitriles is 1. The van der Waals surface area contributed by atoms with E-state index in [2.05, 4.69) is 17.5 Å². The molecule has 0 aliphatic carbocycles. The molecule has 1 aliphatic rings. The number of rotatable bonds is 5. The molecule has 0 spiro atoms. The fourth-order valence-electron chi connectivity index (χ4n) is 2.53. The maximum Gasteiger partial charge on any atom is 0.158 e. The highest BCUT2D eigenvalue weighted by atomic mass is 32.2. The SMILES string of the molecule is CC(=O)C1=C(C)NC(SCC=C(C)C)=C(C#N)C1c1ccco1. The monoisotopic (exact) mass is 328 g/mol. The Morgan fingerprint density at radius 2 is 2.22 bits per heavy atom. The zero-order chi connectivity index (χ0) is 17.0. The molecule has 1 aromatic heterocycles. The predicted octanol–water partition coefficient (Wildman–Crippen LogP) is 4.26. The molecule has 0 aromatic carbocycles. The molecule has 120 valence electrons. The van der Waals surface area contributed by atoms with Crippen LogP contribution in [0.5, 0.6) is 0 Å². The van der Waals surface area contributed by atoms with Gasteiger partial charge < -0.3 is 9.73 Å². The lowest BCUT2D eigenvalue weighted by atomic mass is 9.84. The standard InChI is InChI=1S/C18H20N2O2S/c1-11(2)7-9-23-18-14(10-19)17(15-6-5-8-22-15)16(13(4)21)12(3)20-18/h5-8,17,20H,9H2,1-4H3. The Bertz CT molecular complexity index is 730. The minimum Gasteiger partial charge on any atom is -0.468 e. The Labute approximate surface area is 140 Å². The Morgan fingerprint density at radius 1 is 1.48 bits per heavy atom. The van der Waals surface area contributed by atoms with Gasteiger partial charge in [-0.15, -0.1) is 11.8 Å². The number of hydrogen-bond acceptors (Lipinski definition) is 5. The summed E-state index contributed by atoms with van der Waals surface area (Å²) in [7, 11) is 0. The molecule has 0 saturated heterocycles. The van der Waals surface area contributed by atoms with Crippen molar-refractivity contribution in [3.63, 3.8) is 0 Å². The first-order valence-corrected chi connectivity index (χ1v) is 8.36. The summed E-state index contributed by atoms with van der Waals surface area (Å²) in [5.41, 5.74) is 3.12. The predicted molar refractivity (Wildman–Crippen MR) is 92.5 cm³/mol. The van der Waals surface area contributed by atoms with Crippen LogP contribution in [0.3, 0.4) is 0 Å². The van der Waals surface area contributed by atoms with Gasteiger partial charge in [0.25, 0.3) is 0 Å². The number of carbonyl (C=O) groups is 1. The Morgan fingerprint density at radius 3 is 2.74 bits per heavy atom. The maximum atomic E-state index is 12.1. The average molecular weight is 328 g/mol. The molecule has 0 fully saturated rings. The van der Waals surface area contributed by atoms with Gasteiger partial charge >= 0.3 is 0 Å². The fraction of sp³-hybridized carbons (Fsp3) is 0.333. The molecule has 0 radical (unpaired) electrons. The molecule has 0 bridgehead atoms. The Hall–Kier alpha value is -2.19. The lowest BCUT2D eigenvalue weighted by Crippen LogP contribution is -2.26. The van der Waals surface area contributed by atoms with Gasteiger partial charge in [0.05, 0.1) is 28.9 Å². The van der Waals surface area contributed by atoms with Crippen LogP contribution in [-0.4, -0.2) is 11.5 Å². The molecule has 1 aromatic rings. The van der Waals surface area contributed by atoms with Gasteiger partial charge in [-0.3, -0.25) is 4.79 Å². The van der Waals surface area contributed by atoms with Gasteiger partial charge in [0, 0.05) is 17.0 Å². The fourth-order valence-corrected chi connectivity index (χ4v) is 3.65. The number of thioether (sulfide) groups is 1. The number of dihydropyridines is 1. The molecular formula is C18H20N2O2S. The Balaban J connectivity index is 2.47. The molecule has 2 heterocycles. The molecule has 4 nitrogen and oxygen atoms in total. The van der Waals surface area contributed by atoms with E-state index in [9.17, 15) is 10.1 Å². The normalized spacial score (nSPS) is 17.6. The summed E-state index contributed by atoms with van der Waals surface area (Å²) in [5, 5.41) is 13.7. The van der Waals surface area contributed by atoms with Crippen molar-refractivity contribution in [2.24, 2.45) is 0 Å². The first kappa shape index (κ1) is 17.2. The van der Waals surface area contributed by atoms with Gasteiger partial charge in [-0.1, -0.05) is 11.6 Å². The van der Waals surface area contributed by atoms with Gasteiger partial charge in [-0.05, 0) is 39.8 Å². The number of nitrogens with zero attached hydrogens (tertiary/aromatic N) is 1. The molecule has 1 aliphatic heterocycles. The van der Waals surface area contributed by atoms with Crippen molar-refractivity contribution in [1.82, 2.24) is 5.32 Å². The molecule has 1 atom stereocenters. The third-order valence-electron chi connectivity index (χ3n) is 3.57. The van der Waals surface area contributed by atoms with Crippen molar-refractivity contribution >= 4 is 17.5 Å². The largest absolute Gasteiger partial charge is 0.468 e. The smallest absolute Gasteiger partial charge is 0.158 e. The molecule has 2 rings (SSSR count). The topological polar surface area (TPSA) is 66.0 Å². The maximum absolute atomic E-state index is 12.1. The Kier molecular flexibility index (Phi) is 5.51. The van der Waals surface area contributed by atoms with Crippen LogP contribution in [-0.2, 0) is 4.79 Å². The summed E-state index contributed by atoms with van der Waals surface area (Å²) >= 11 is 1.56. The van der Waals surface area contributed by atoms with E-state index in [0.717, 1.165) is 16.5 Å². The number of ketones is 1. The molecule has 1 unspecified atom stereocenters. The summed E-state index contributed by atoms with van der Waals surface area (Å²) in [6.07, 6.45) is 3.67. The minimum absolute atomic E-state index is 0.0579.